The Morgan fingerprint density at radius 2 is 1.72 bits per heavy atom. The molecule has 186 valence electrons. The van der Waals surface area contributed by atoms with Crippen LogP contribution in [0.5, 0.6) is 17.2 Å². The van der Waals surface area contributed by atoms with E-state index in [1.165, 1.54) is 13.3 Å². The van der Waals surface area contributed by atoms with Gasteiger partial charge in [-0.05, 0) is 79.6 Å². The van der Waals surface area contributed by atoms with Crippen LogP contribution < -0.4 is 25.0 Å². The maximum atomic E-state index is 12.5. The number of rotatable bonds is 8. The topological polar surface area (TPSA) is 115 Å². The SMILES string of the molecule is CCOc1cc(C=NNC(=O)C(=O)Nc2ccc(C)c(Cl)c2)ccc1OC(=O)c1ccc(OC)cc1. The Balaban J connectivity index is 1.63. The summed E-state index contributed by atoms with van der Waals surface area (Å²) >= 11 is 6.03. The van der Waals surface area contributed by atoms with Gasteiger partial charge in [0.15, 0.2) is 11.5 Å². The molecule has 0 radical (unpaired) electrons. The van der Waals surface area contributed by atoms with Crippen molar-refractivity contribution in [2.75, 3.05) is 19.0 Å². The van der Waals surface area contributed by atoms with Crippen LogP contribution in [-0.2, 0) is 9.59 Å². The molecule has 2 N–H and O–H groups in total. The summed E-state index contributed by atoms with van der Waals surface area (Å²) in [5.41, 5.74) is 4.27. The lowest BCUT2D eigenvalue weighted by Gasteiger charge is -2.11. The number of carbonyl (C=O) groups excluding carboxylic acids is 3. The monoisotopic (exact) mass is 509 g/mol. The maximum Gasteiger partial charge on any atom is 0.343 e. The van der Waals surface area contributed by atoms with Crippen LogP contribution in [0.3, 0.4) is 0 Å². The van der Waals surface area contributed by atoms with Crippen LogP contribution in [-0.4, -0.2) is 37.7 Å². The third kappa shape index (κ3) is 7.07. The number of ether oxygens (including phenoxy) is 3. The van der Waals surface area contributed by atoms with Crippen molar-refractivity contribution in [3.05, 3.63) is 82.4 Å². The van der Waals surface area contributed by atoms with E-state index in [0.717, 1.165) is 5.56 Å². The van der Waals surface area contributed by atoms with Gasteiger partial charge in [0.2, 0.25) is 0 Å². The lowest BCUT2D eigenvalue weighted by Crippen LogP contribution is -2.32. The molecule has 0 saturated carbocycles. The van der Waals surface area contributed by atoms with Crippen molar-refractivity contribution in [2.45, 2.75) is 13.8 Å². The van der Waals surface area contributed by atoms with E-state index in [4.69, 9.17) is 25.8 Å². The molecule has 36 heavy (non-hydrogen) atoms. The molecule has 0 heterocycles. The Labute approximate surface area is 213 Å². The molecule has 2 amide bonds. The predicted molar refractivity (Wildman–Crippen MR) is 136 cm³/mol. The normalized spacial score (nSPS) is 10.6. The van der Waals surface area contributed by atoms with E-state index >= 15 is 0 Å². The van der Waals surface area contributed by atoms with Gasteiger partial charge in [-0.25, -0.2) is 10.2 Å². The molecule has 0 aliphatic rings. The van der Waals surface area contributed by atoms with Crippen molar-refractivity contribution in [2.24, 2.45) is 5.10 Å². The number of benzene rings is 3. The number of halogens is 1. The van der Waals surface area contributed by atoms with Crippen LogP contribution in [0, 0.1) is 6.92 Å². The second kappa shape index (κ2) is 12.4. The molecule has 0 spiro atoms. The van der Waals surface area contributed by atoms with Gasteiger partial charge in [-0.1, -0.05) is 17.7 Å². The molecule has 0 bridgehead atoms. The molecule has 0 aromatic heterocycles. The highest BCUT2D eigenvalue weighted by Gasteiger charge is 2.15. The number of carbonyl (C=O) groups is 3. The molecule has 10 heteroatoms. The standard InChI is InChI=1S/C26H24ClN3O6/c1-4-35-23-13-17(6-12-22(23)36-26(33)18-7-10-20(34-3)11-8-18)15-28-30-25(32)24(31)29-19-9-5-16(2)21(27)14-19/h5-15H,4H2,1-3H3,(H,29,31)(H,30,32). The second-order valence-electron chi connectivity index (χ2n) is 7.37. The van der Waals surface area contributed by atoms with E-state index in [9.17, 15) is 14.4 Å². The number of aryl methyl sites for hydroxylation is 1. The Hall–Kier alpha value is -4.37. The van der Waals surface area contributed by atoms with Crippen LogP contribution in [0.4, 0.5) is 5.69 Å². The summed E-state index contributed by atoms with van der Waals surface area (Å²) in [6.07, 6.45) is 1.32. The van der Waals surface area contributed by atoms with Crippen LogP contribution in [0.15, 0.2) is 65.8 Å². The summed E-state index contributed by atoms with van der Waals surface area (Å²) in [4.78, 5) is 36.6. The zero-order valence-corrected chi connectivity index (χ0v) is 20.6. The number of anilines is 1. The lowest BCUT2D eigenvalue weighted by atomic mass is 10.2. The molecule has 3 rings (SSSR count). The van der Waals surface area contributed by atoms with Crippen molar-refractivity contribution in [1.29, 1.82) is 0 Å². The minimum atomic E-state index is -0.960. The summed E-state index contributed by atoms with van der Waals surface area (Å²) in [6.45, 7) is 3.94. The number of esters is 1. The van der Waals surface area contributed by atoms with Crippen molar-refractivity contribution in [1.82, 2.24) is 5.43 Å². The highest BCUT2D eigenvalue weighted by atomic mass is 35.5. The van der Waals surface area contributed by atoms with E-state index in [0.29, 0.717) is 39.9 Å². The summed E-state index contributed by atoms with van der Waals surface area (Å²) < 4.78 is 16.1. The van der Waals surface area contributed by atoms with E-state index < -0.39 is 17.8 Å². The summed E-state index contributed by atoms with van der Waals surface area (Å²) in [5, 5.41) is 6.72. The van der Waals surface area contributed by atoms with Gasteiger partial charge in [0.05, 0.1) is 25.5 Å². The number of nitrogens with zero attached hydrogens (tertiary/aromatic N) is 1. The number of amides is 2. The minimum Gasteiger partial charge on any atom is -0.497 e. The van der Waals surface area contributed by atoms with Gasteiger partial charge in [0, 0.05) is 10.7 Å². The zero-order chi connectivity index (χ0) is 26.1. The Morgan fingerprint density at radius 1 is 0.972 bits per heavy atom. The van der Waals surface area contributed by atoms with Crippen molar-refractivity contribution in [3.8, 4) is 17.2 Å². The number of nitrogens with one attached hydrogen (secondary N) is 2. The van der Waals surface area contributed by atoms with Crippen molar-refractivity contribution >= 4 is 41.3 Å². The smallest absolute Gasteiger partial charge is 0.343 e. The van der Waals surface area contributed by atoms with E-state index in [1.54, 1.807) is 67.6 Å². The molecule has 0 atom stereocenters. The van der Waals surface area contributed by atoms with Crippen LogP contribution in [0.25, 0.3) is 0 Å². The molecule has 0 saturated heterocycles. The first-order chi connectivity index (χ1) is 17.3. The van der Waals surface area contributed by atoms with Gasteiger partial charge in [-0.2, -0.15) is 5.10 Å². The van der Waals surface area contributed by atoms with Gasteiger partial charge in [-0.3, -0.25) is 9.59 Å². The van der Waals surface area contributed by atoms with Gasteiger partial charge >= 0.3 is 17.8 Å². The Bertz CT molecular complexity index is 1290. The van der Waals surface area contributed by atoms with Gasteiger partial charge in [-0.15, -0.1) is 0 Å². The molecule has 3 aromatic carbocycles. The first-order valence-electron chi connectivity index (χ1n) is 10.8. The highest BCUT2D eigenvalue weighted by Crippen LogP contribution is 2.29. The molecular formula is C26H24ClN3O6. The van der Waals surface area contributed by atoms with Crippen molar-refractivity contribution < 1.29 is 28.6 Å². The quantitative estimate of drug-likeness (QED) is 0.153. The second-order valence-corrected chi connectivity index (χ2v) is 7.78. The molecule has 0 aliphatic carbocycles. The van der Waals surface area contributed by atoms with E-state index in [-0.39, 0.29) is 5.75 Å². The number of methoxy groups -OCH3 is 1. The van der Waals surface area contributed by atoms with Crippen LogP contribution >= 0.6 is 11.6 Å². The van der Waals surface area contributed by atoms with Crippen molar-refractivity contribution in [3.63, 3.8) is 0 Å². The fourth-order valence-electron chi connectivity index (χ4n) is 2.92. The number of hydrogen-bond donors (Lipinski definition) is 2. The Morgan fingerprint density at radius 3 is 2.39 bits per heavy atom. The fraction of sp³-hybridized carbons (Fsp3) is 0.154. The minimum absolute atomic E-state index is 0.218. The molecule has 0 aliphatic heterocycles. The molecule has 0 unspecified atom stereocenters. The summed E-state index contributed by atoms with van der Waals surface area (Å²) in [6, 6.07) is 16.1. The fourth-order valence-corrected chi connectivity index (χ4v) is 3.10. The first kappa shape index (κ1) is 26.2. The third-order valence-electron chi connectivity index (χ3n) is 4.81. The molecule has 9 nitrogen and oxygen atoms in total. The average molecular weight is 510 g/mol. The molecule has 0 fully saturated rings. The molecular weight excluding hydrogens is 486 g/mol. The largest absolute Gasteiger partial charge is 0.497 e. The van der Waals surface area contributed by atoms with Crippen LogP contribution in [0.2, 0.25) is 5.02 Å². The third-order valence-corrected chi connectivity index (χ3v) is 5.22. The van der Waals surface area contributed by atoms with Gasteiger partial charge in [0.1, 0.15) is 5.75 Å². The number of hydrazone groups is 1. The first-order valence-corrected chi connectivity index (χ1v) is 11.2. The molecule has 3 aromatic rings. The van der Waals surface area contributed by atoms with E-state index in [2.05, 4.69) is 15.8 Å². The average Bonchev–Trinajstić information content (AvgIpc) is 2.87. The van der Waals surface area contributed by atoms with E-state index in [1.807, 2.05) is 6.92 Å². The zero-order valence-electron chi connectivity index (χ0n) is 19.8. The summed E-state index contributed by atoms with van der Waals surface area (Å²) in [7, 11) is 1.54. The van der Waals surface area contributed by atoms with Gasteiger partial charge < -0.3 is 19.5 Å². The predicted octanol–water partition coefficient (Wildman–Crippen LogP) is 4.36. The van der Waals surface area contributed by atoms with Crippen LogP contribution in [0.1, 0.15) is 28.4 Å². The lowest BCUT2D eigenvalue weighted by molar-refractivity contribution is -0.136. The maximum absolute atomic E-state index is 12.5. The van der Waals surface area contributed by atoms with Gasteiger partial charge in [0.25, 0.3) is 0 Å². The Kier molecular flexibility index (Phi) is 9.01. The summed E-state index contributed by atoms with van der Waals surface area (Å²) in [5.74, 6) is -1.28. The number of hydrogen-bond acceptors (Lipinski definition) is 7. The highest BCUT2D eigenvalue weighted by molar-refractivity contribution is 6.39.